The van der Waals surface area contributed by atoms with Crippen molar-refractivity contribution >= 4 is 0 Å². The number of aliphatic hydroxyl groups excluding tert-OH is 1. The number of aliphatic hydroxyl groups is 1. The molecule has 0 heterocycles. The van der Waals surface area contributed by atoms with Gasteiger partial charge in [0.15, 0.2) is 0 Å². The van der Waals surface area contributed by atoms with Crippen LogP contribution in [0, 0.1) is 5.92 Å². The normalized spacial score (nSPS) is 32.2. The molecule has 0 bridgehead atoms. The van der Waals surface area contributed by atoms with Crippen molar-refractivity contribution < 1.29 is 18.6 Å². The largest absolute Gasteiger partial charge is 0.394 e. The molecule has 3 nitrogen and oxygen atoms in total. The summed E-state index contributed by atoms with van der Waals surface area (Å²) in [5.74, 6) is -0.512. The molecule has 0 aliphatic heterocycles. The van der Waals surface area contributed by atoms with Crippen LogP contribution in [0.4, 0.5) is 8.78 Å². The first-order valence-electron chi connectivity index (χ1n) is 5.36. The lowest BCUT2D eigenvalue weighted by atomic mass is 9.79. The second-order valence-corrected chi connectivity index (χ2v) is 4.13. The molecule has 1 saturated carbocycles. The van der Waals surface area contributed by atoms with E-state index < -0.39 is 17.9 Å². The first-order chi connectivity index (χ1) is 7.13. The molecule has 15 heavy (non-hydrogen) atoms. The van der Waals surface area contributed by atoms with Crippen LogP contribution in [0.1, 0.15) is 25.7 Å². The van der Waals surface area contributed by atoms with Gasteiger partial charge in [-0.1, -0.05) is 0 Å². The Labute approximate surface area is 88.6 Å². The molecule has 0 amide bonds. The van der Waals surface area contributed by atoms with Gasteiger partial charge in [0.25, 0.3) is 0 Å². The Morgan fingerprint density at radius 1 is 1.40 bits per heavy atom. The van der Waals surface area contributed by atoms with Gasteiger partial charge >= 0.3 is 0 Å². The zero-order valence-electron chi connectivity index (χ0n) is 8.79. The van der Waals surface area contributed by atoms with Crippen LogP contribution in [0.3, 0.4) is 0 Å². The van der Waals surface area contributed by atoms with E-state index in [0.717, 1.165) is 0 Å². The van der Waals surface area contributed by atoms with E-state index in [4.69, 9.17) is 15.6 Å². The topological polar surface area (TPSA) is 55.5 Å². The third kappa shape index (κ3) is 3.36. The fourth-order valence-corrected chi connectivity index (χ4v) is 2.09. The quantitative estimate of drug-likeness (QED) is 0.735. The van der Waals surface area contributed by atoms with Crippen molar-refractivity contribution in [2.45, 2.75) is 37.7 Å². The van der Waals surface area contributed by atoms with Crippen LogP contribution < -0.4 is 5.73 Å². The molecule has 1 aliphatic carbocycles. The first-order valence-corrected chi connectivity index (χ1v) is 5.36. The van der Waals surface area contributed by atoms with Gasteiger partial charge < -0.3 is 15.6 Å². The predicted molar refractivity (Wildman–Crippen MR) is 52.8 cm³/mol. The molecule has 1 aliphatic rings. The van der Waals surface area contributed by atoms with E-state index in [-0.39, 0.29) is 13.2 Å². The summed E-state index contributed by atoms with van der Waals surface area (Å²) in [5.41, 5.74) is 5.13. The smallest absolute Gasteiger partial charge is 0.241 e. The van der Waals surface area contributed by atoms with Crippen LogP contribution in [0.5, 0.6) is 0 Å². The van der Waals surface area contributed by atoms with Crippen molar-refractivity contribution in [2.75, 3.05) is 19.8 Å². The highest BCUT2D eigenvalue weighted by Crippen LogP contribution is 2.36. The molecule has 1 rings (SSSR count). The SMILES string of the molecule is NCC1(OCCO)CCC(C(F)F)CC1. The van der Waals surface area contributed by atoms with Gasteiger partial charge in [0.05, 0.1) is 18.8 Å². The first kappa shape index (κ1) is 12.8. The van der Waals surface area contributed by atoms with Crippen molar-refractivity contribution in [3.63, 3.8) is 0 Å². The van der Waals surface area contributed by atoms with Crippen LogP contribution in [0.15, 0.2) is 0 Å². The number of hydrogen-bond acceptors (Lipinski definition) is 3. The van der Waals surface area contributed by atoms with Gasteiger partial charge in [-0.15, -0.1) is 0 Å². The molecule has 0 atom stereocenters. The Balaban J connectivity index is 2.43. The summed E-state index contributed by atoms with van der Waals surface area (Å²) in [5, 5.41) is 8.66. The number of nitrogens with two attached hydrogens (primary N) is 1. The predicted octanol–water partition coefficient (Wildman–Crippen LogP) is 1.15. The minimum atomic E-state index is -2.24. The van der Waals surface area contributed by atoms with E-state index in [2.05, 4.69) is 0 Å². The maximum atomic E-state index is 12.4. The number of hydrogen-bond donors (Lipinski definition) is 2. The molecule has 0 aromatic rings. The lowest BCUT2D eigenvalue weighted by Gasteiger charge is -2.39. The lowest BCUT2D eigenvalue weighted by Crippen LogP contribution is -2.45. The molecule has 90 valence electrons. The summed E-state index contributed by atoms with van der Waals surface area (Å²) in [4.78, 5) is 0. The number of ether oxygens (including phenoxy) is 1. The molecule has 3 N–H and O–H groups in total. The molecule has 0 spiro atoms. The number of rotatable bonds is 5. The molecule has 0 aromatic carbocycles. The van der Waals surface area contributed by atoms with Crippen molar-refractivity contribution in [3.05, 3.63) is 0 Å². The third-order valence-corrected chi connectivity index (χ3v) is 3.17. The van der Waals surface area contributed by atoms with Crippen LogP contribution in [-0.2, 0) is 4.74 Å². The molecule has 0 radical (unpaired) electrons. The summed E-state index contributed by atoms with van der Waals surface area (Å²) in [6, 6.07) is 0. The van der Waals surface area contributed by atoms with Crippen LogP contribution in [0.25, 0.3) is 0 Å². The van der Waals surface area contributed by atoms with Gasteiger partial charge in [-0.2, -0.15) is 0 Å². The van der Waals surface area contributed by atoms with E-state index >= 15 is 0 Å². The Kier molecular flexibility index (Phi) is 4.89. The molecule has 0 aromatic heterocycles. The van der Waals surface area contributed by atoms with Crippen molar-refractivity contribution in [1.82, 2.24) is 0 Å². The molecule has 1 fully saturated rings. The minimum Gasteiger partial charge on any atom is -0.394 e. The van der Waals surface area contributed by atoms with E-state index in [9.17, 15) is 8.78 Å². The minimum absolute atomic E-state index is 0.0555. The molecule has 0 saturated heterocycles. The fraction of sp³-hybridized carbons (Fsp3) is 1.00. The van der Waals surface area contributed by atoms with Gasteiger partial charge in [0.2, 0.25) is 6.43 Å². The van der Waals surface area contributed by atoms with Gasteiger partial charge in [-0.25, -0.2) is 8.78 Å². The third-order valence-electron chi connectivity index (χ3n) is 3.17. The highest BCUT2D eigenvalue weighted by Gasteiger charge is 2.37. The summed E-state index contributed by atoms with van der Waals surface area (Å²) in [6.45, 7) is 0.513. The van der Waals surface area contributed by atoms with E-state index in [1.54, 1.807) is 0 Å². The summed E-state index contributed by atoms with van der Waals surface area (Å²) < 4.78 is 30.3. The van der Waals surface area contributed by atoms with Crippen LogP contribution in [0.2, 0.25) is 0 Å². The summed E-state index contributed by atoms with van der Waals surface area (Å²) >= 11 is 0. The molecular formula is C10H19F2NO2. The highest BCUT2D eigenvalue weighted by atomic mass is 19.3. The average molecular weight is 223 g/mol. The Morgan fingerprint density at radius 3 is 2.40 bits per heavy atom. The maximum Gasteiger partial charge on any atom is 0.241 e. The second kappa shape index (κ2) is 5.72. The summed E-state index contributed by atoms with van der Waals surface area (Å²) in [7, 11) is 0. The van der Waals surface area contributed by atoms with Crippen molar-refractivity contribution in [3.8, 4) is 0 Å². The zero-order chi connectivity index (χ0) is 11.3. The molecular weight excluding hydrogens is 204 g/mol. The van der Waals surface area contributed by atoms with E-state index in [1.165, 1.54) is 0 Å². The zero-order valence-corrected chi connectivity index (χ0v) is 8.79. The average Bonchev–Trinajstić information content (AvgIpc) is 2.27. The van der Waals surface area contributed by atoms with Gasteiger partial charge in [0, 0.05) is 12.5 Å². The fourth-order valence-electron chi connectivity index (χ4n) is 2.09. The van der Waals surface area contributed by atoms with Gasteiger partial charge in [-0.3, -0.25) is 0 Å². The van der Waals surface area contributed by atoms with Gasteiger partial charge in [0.1, 0.15) is 0 Å². The Bertz CT molecular complexity index is 182. The van der Waals surface area contributed by atoms with Crippen molar-refractivity contribution in [1.29, 1.82) is 0 Å². The van der Waals surface area contributed by atoms with E-state index in [0.29, 0.717) is 32.2 Å². The lowest BCUT2D eigenvalue weighted by molar-refractivity contribution is -0.0932. The van der Waals surface area contributed by atoms with Crippen LogP contribution >= 0.6 is 0 Å². The number of halogens is 2. The number of alkyl halides is 2. The molecule has 0 unspecified atom stereocenters. The van der Waals surface area contributed by atoms with Crippen LogP contribution in [-0.4, -0.2) is 36.9 Å². The standard InChI is InChI=1S/C10H19F2NO2/c11-9(12)8-1-3-10(7-13,4-2-8)15-6-5-14/h8-9,14H,1-7,13H2. The maximum absolute atomic E-state index is 12.4. The Hall–Kier alpha value is -0.260. The second-order valence-electron chi connectivity index (χ2n) is 4.13. The van der Waals surface area contributed by atoms with E-state index in [1.807, 2.05) is 0 Å². The Morgan fingerprint density at radius 2 is 2.00 bits per heavy atom. The van der Waals surface area contributed by atoms with Crippen molar-refractivity contribution in [2.24, 2.45) is 11.7 Å². The monoisotopic (exact) mass is 223 g/mol. The highest BCUT2D eigenvalue weighted by molar-refractivity contribution is 4.88. The summed E-state index contributed by atoms with van der Waals surface area (Å²) in [6.07, 6.45) is -0.184. The van der Waals surface area contributed by atoms with Gasteiger partial charge in [-0.05, 0) is 25.7 Å². The molecule has 5 heteroatoms.